The smallest absolute Gasteiger partial charge is 0.303 e. The lowest BCUT2D eigenvalue weighted by molar-refractivity contribution is -0.160. The Labute approximate surface area is 73.3 Å². The third kappa shape index (κ3) is 1.97. The zero-order valence-corrected chi connectivity index (χ0v) is 7.80. The minimum Gasteiger partial charge on any atom is -0.458 e. The van der Waals surface area contributed by atoms with Gasteiger partial charge in [0.1, 0.15) is 5.60 Å². The van der Waals surface area contributed by atoms with Crippen LogP contribution in [0.25, 0.3) is 0 Å². The molecule has 1 aliphatic rings. The van der Waals surface area contributed by atoms with Gasteiger partial charge in [0.25, 0.3) is 0 Å². The number of carbonyl (C=O) groups excluding carboxylic acids is 1. The van der Waals surface area contributed by atoms with Crippen LogP contribution in [0.3, 0.4) is 0 Å². The van der Waals surface area contributed by atoms with Crippen LogP contribution in [0, 0.1) is 0 Å². The average Bonchev–Trinajstić information content (AvgIpc) is 1.94. The largest absolute Gasteiger partial charge is 0.458 e. The van der Waals surface area contributed by atoms with E-state index >= 15 is 0 Å². The van der Waals surface area contributed by atoms with E-state index in [1.165, 1.54) is 6.92 Å². The summed E-state index contributed by atoms with van der Waals surface area (Å²) in [5, 5.41) is 0. The second-order valence-electron chi connectivity index (χ2n) is 3.76. The monoisotopic (exact) mass is 171 g/mol. The molecular weight excluding hydrogens is 154 g/mol. The Hall–Kier alpha value is -0.570. The lowest BCUT2D eigenvalue weighted by Crippen LogP contribution is -2.50. The topological polar surface area (TPSA) is 52.3 Å². The Bertz CT molecular complexity index is 181. The van der Waals surface area contributed by atoms with Gasteiger partial charge in [0, 0.05) is 13.0 Å². The Morgan fingerprint density at radius 2 is 2.25 bits per heavy atom. The molecule has 2 atom stereocenters. The first kappa shape index (κ1) is 9.52. The van der Waals surface area contributed by atoms with Gasteiger partial charge in [-0.2, -0.15) is 0 Å². The molecule has 3 heteroatoms. The summed E-state index contributed by atoms with van der Waals surface area (Å²) in [6.45, 7) is 3.37. The molecule has 0 aliphatic heterocycles. The van der Waals surface area contributed by atoms with Gasteiger partial charge in [0.2, 0.25) is 0 Å². The molecule has 1 aliphatic carbocycles. The van der Waals surface area contributed by atoms with Crippen LogP contribution in [0.5, 0.6) is 0 Å². The Balaban J connectivity index is 2.59. The van der Waals surface area contributed by atoms with Gasteiger partial charge in [-0.25, -0.2) is 0 Å². The van der Waals surface area contributed by atoms with Gasteiger partial charge in [0.15, 0.2) is 0 Å². The van der Waals surface area contributed by atoms with Gasteiger partial charge in [-0.1, -0.05) is 6.42 Å². The first-order valence-electron chi connectivity index (χ1n) is 4.50. The summed E-state index contributed by atoms with van der Waals surface area (Å²) < 4.78 is 5.23. The first-order chi connectivity index (χ1) is 5.54. The molecule has 0 saturated heterocycles. The number of rotatable bonds is 1. The van der Waals surface area contributed by atoms with Crippen molar-refractivity contribution in [2.24, 2.45) is 5.73 Å². The van der Waals surface area contributed by atoms with Crippen LogP contribution in [-0.2, 0) is 9.53 Å². The van der Waals surface area contributed by atoms with Crippen molar-refractivity contribution >= 4 is 5.97 Å². The molecule has 0 radical (unpaired) electrons. The zero-order chi connectivity index (χ0) is 9.19. The molecule has 12 heavy (non-hydrogen) atoms. The third-order valence-electron chi connectivity index (χ3n) is 2.60. The summed E-state index contributed by atoms with van der Waals surface area (Å²) in [4.78, 5) is 10.8. The highest BCUT2D eigenvalue weighted by atomic mass is 16.6. The van der Waals surface area contributed by atoms with Crippen molar-refractivity contribution in [3.05, 3.63) is 0 Å². The first-order valence-corrected chi connectivity index (χ1v) is 4.50. The van der Waals surface area contributed by atoms with E-state index in [-0.39, 0.29) is 12.0 Å². The van der Waals surface area contributed by atoms with Crippen molar-refractivity contribution in [1.29, 1.82) is 0 Å². The number of carbonyl (C=O) groups is 1. The van der Waals surface area contributed by atoms with Crippen LogP contribution < -0.4 is 5.73 Å². The summed E-state index contributed by atoms with van der Waals surface area (Å²) >= 11 is 0. The normalized spacial score (nSPS) is 36.1. The summed E-state index contributed by atoms with van der Waals surface area (Å²) in [7, 11) is 0. The molecule has 70 valence electrons. The van der Waals surface area contributed by atoms with Crippen molar-refractivity contribution in [3.63, 3.8) is 0 Å². The highest BCUT2D eigenvalue weighted by Gasteiger charge is 2.36. The van der Waals surface area contributed by atoms with Crippen LogP contribution in [0.15, 0.2) is 0 Å². The molecule has 0 aromatic rings. The molecule has 1 saturated carbocycles. The zero-order valence-electron chi connectivity index (χ0n) is 7.80. The van der Waals surface area contributed by atoms with Crippen molar-refractivity contribution in [2.45, 2.75) is 51.2 Å². The maximum absolute atomic E-state index is 10.8. The molecule has 0 aromatic heterocycles. The fourth-order valence-electron chi connectivity index (χ4n) is 1.79. The van der Waals surface area contributed by atoms with E-state index in [0.29, 0.717) is 0 Å². The van der Waals surface area contributed by atoms with Crippen LogP contribution >= 0.6 is 0 Å². The molecular formula is C9H17NO2. The summed E-state index contributed by atoms with van der Waals surface area (Å²) in [6, 6.07) is 0.00940. The predicted molar refractivity (Wildman–Crippen MR) is 46.6 cm³/mol. The quantitative estimate of drug-likeness (QED) is 0.603. The maximum atomic E-state index is 10.8. The standard InChI is InChI=1S/C9H17NO2/c1-7(11)12-9(2)6-4-3-5-8(9)10/h8H,3-6,10H2,1-2H3/t8?,9-/m0/s1. The van der Waals surface area contributed by atoms with Crippen LogP contribution in [0.4, 0.5) is 0 Å². The third-order valence-corrected chi connectivity index (χ3v) is 2.60. The molecule has 0 heterocycles. The molecule has 3 nitrogen and oxygen atoms in total. The molecule has 0 amide bonds. The molecule has 0 bridgehead atoms. The highest BCUT2D eigenvalue weighted by molar-refractivity contribution is 5.66. The SMILES string of the molecule is CC(=O)O[C@@]1(C)CCCCC1N. The summed E-state index contributed by atoms with van der Waals surface area (Å²) in [5.41, 5.74) is 5.47. The predicted octanol–water partition coefficient (Wildman–Crippen LogP) is 1.21. The lowest BCUT2D eigenvalue weighted by Gasteiger charge is -2.38. The highest BCUT2D eigenvalue weighted by Crippen LogP contribution is 2.30. The number of ether oxygens (including phenoxy) is 1. The van der Waals surface area contributed by atoms with Gasteiger partial charge in [-0.3, -0.25) is 4.79 Å². The van der Waals surface area contributed by atoms with E-state index in [4.69, 9.17) is 10.5 Å². The Kier molecular flexibility index (Phi) is 2.73. The van der Waals surface area contributed by atoms with Crippen LogP contribution in [-0.4, -0.2) is 17.6 Å². The molecule has 1 unspecified atom stereocenters. The Morgan fingerprint density at radius 1 is 1.58 bits per heavy atom. The number of hydrogen-bond donors (Lipinski definition) is 1. The fraction of sp³-hybridized carbons (Fsp3) is 0.889. The summed E-state index contributed by atoms with van der Waals surface area (Å²) in [5.74, 6) is -0.227. The minimum atomic E-state index is -0.413. The van der Waals surface area contributed by atoms with E-state index in [9.17, 15) is 4.79 Å². The van der Waals surface area contributed by atoms with Gasteiger partial charge < -0.3 is 10.5 Å². The van der Waals surface area contributed by atoms with E-state index in [0.717, 1.165) is 25.7 Å². The molecule has 1 fully saturated rings. The van der Waals surface area contributed by atoms with E-state index in [2.05, 4.69) is 0 Å². The molecule has 0 aromatic carbocycles. The van der Waals surface area contributed by atoms with E-state index < -0.39 is 5.60 Å². The molecule has 0 spiro atoms. The maximum Gasteiger partial charge on any atom is 0.303 e. The van der Waals surface area contributed by atoms with Gasteiger partial charge >= 0.3 is 5.97 Å². The number of esters is 1. The van der Waals surface area contributed by atoms with Gasteiger partial charge in [-0.15, -0.1) is 0 Å². The second-order valence-corrected chi connectivity index (χ2v) is 3.76. The van der Waals surface area contributed by atoms with E-state index in [1.54, 1.807) is 0 Å². The average molecular weight is 171 g/mol. The lowest BCUT2D eigenvalue weighted by atomic mass is 9.82. The fourth-order valence-corrected chi connectivity index (χ4v) is 1.79. The number of hydrogen-bond acceptors (Lipinski definition) is 3. The van der Waals surface area contributed by atoms with Crippen molar-refractivity contribution in [2.75, 3.05) is 0 Å². The van der Waals surface area contributed by atoms with Crippen LogP contribution in [0.2, 0.25) is 0 Å². The molecule has 1 rings (SSSR count). The summed E-state index contributed by atoms with van der Waals surface area (Å²) in [6.07, 6.45) is 4.12. The second kappa shape index (κ2) is 3.44. The van der Waals surface area contributed by atoms with Gasteiger partial charge in [-0.05, 0) is 26.2 Å². The minimum absolute atomic E-state index is 0.00940. The van der Waals surface area contributed by atoms with E-state index in [1.807, 2.05) is 6.92 Å². The van der Waals surface area contributed by atoms with Crippen molar-refractivity contribution < 1.29 is 9.53 Å². The van der Waals surface area contributed by atoms with Crippen LogP contribution in [0.1, 0.15) is 39.5 Å². The Morgan fingerprint density at radius 3 is 2.75 bits per heavy atom. The van der Waals surface area contributed by atoms with Crippen molar-refractivity contribution in [1.82, 2.24) is 0 Å². The molecule has 2 N–H and O–H groups in total. The number of nitrogens with two attached hydrogens (primary N) is 1. The van der Waals surface area contributed by atoms with Gasteiger partial charge in [0.05, 0.1) is 0 Å². The van der Waals surface area contributed by atoms with Crippen molar-refractivity contribution in [3.8, 4) is 0 Å².